The lowest BCUT2D eigenvalue weighted by molar-refractivity contribution is -0.173. The number of nitrogens with zero attached hydrogens (tertiary/aromatic N) is 3. The van der Waals surface area contributed by atoms with Crippen molar-refractivity contribution in [3.63, 3.8) is 0 Å². The van der Waals surface area contributed by atoms with E-state index in [4.69, 9.17) is 28.0 Å². The number of benzene rings is 3. The van der Waals surface area contributed by atoms with Crippen LogP contribution in [0.25, 0.3) is 0 Å². The van der Waals surface area contributed by atoms with Gasteiger partial charge < -0.3 is 28.0 Å². The van der Waals surface area contributed by atoms with Gasteiger partial charge in [-0.15, -0.1) is 0 Å². The lowest BCUT2D eigenvalue weighted by Gasteiger charge is -2.42. The molecule has 0 radical (unpaired) electrons. The number of hydrogen-bond acceptors (Lipinski definition) is 11. The van der Waals surface area contributed by atoms with Crippen molar-refractivity contribution in [3.8, 4) is 17.6 Å². The highest BCUT2D eigenvalue weighted by atomic mass is 31.2. The first-order chi connectivity index (χ1) is 26.5. The molecule has 2 aliphatic rings. The Balaban J connectivity index is 1.49. The van der Waals surface area contributed by atoms with Crippen LogP contribution >= 0.6 is 8.53 Å². The first-order valence-electron chi connectivity index (χ1n) is 18.4. The summed E-state index contributed by atoms with van der Waals surface area (Å²) < 4.78 is 41.6. The first-order valence-corrected chi connectivity index (χ1v) is 19.6. The van der Waals surface area contributed by atoms with E-state index < -0.39 is 49.4 Å². The van der Waals surface area contributed by atoms with Crippen LogP contribution in [0.2, 0.25) is 0 Å². The number of hydrogen-bond donors (Lipinski definition) is 2. The maximum absolute atomic E-state index is 13.4. The molecule has 1 unspecified atom stereocenters. The zero-order chi connectivity index (χ0) is 39.3. The van der Waals surface area contributed by atoms with E-state index in [2.05, 4.69) is 60.9 Å². The Morgan fingerprint density at radius 2 is 1.55 bits per heavy atom. The van der Waals surface area contributed by atoms with Gasteiger partial charge in [0.2, 0.25) is 0 Å². The second-order valence-corrected chi connectivity index (χ2v) is 15.7. The van der Waals surface area contributed by atoms with Crippen molar-refractivity contribution >= 4 is 8.53 Å². The van der Waals surface area contributed by atoms with Crippen LogP contribution in [0.3, 0.4) is 0 Å². The number of rotatable bonds is 17. The molecule has 2 aliphatic heterocycles. The van der Waals surface area contributed by atoms with Gasteiger partial charge in [-0.1, -0.05) is 54.6 Å². The lowest BCUT2D eigenvalue weighted by Crippen LogP contribution is -2.56. The van der Waals surface area contributed by atoms with Gasteiger partial charge in [0.1, 0.15) is 29.3 Å². The summed E-state index contributed by atoms with van der Waals surface area (Å²) in [5.74, 6) is 1.43. The van der Waals surface area contributed by atoms with Crippen LogP contribution < -0.4 is 26.0 Å². The molecule has 4 aromatic rings. The van der Waals surface area contributed by atoms with Crippen molar-refractivity contribution < 1.29 is 28.0 Å². The van der Waals surface area contributed by atoms with E-state index in [9.17, 15) is 14.9 Å². The average molecular weight is 772 g/mol. The van der Waals surface area contributed by atoms with Crippen LogP contribution in [0.1, 0.15) is 62.6 Å². The fraction of sp³-hybridized carbons (Fsp3) is 0.439. The number of aryl methyl sites for hydroxylation is 1. The molecule has 0 amide bonds. The summed E-state index contributed by atoms with van der Waals surface area (Å²) in [4.78, 5) is 28.2. The normalized spacial score (nSPS) is 21.3. The summed E-state index contributed by atoms with van der Waals surface area (Å²) in [6, 6.07) is 28.3. The smallest absolute Gasteiger partial charge is 0.330 e. The average Bonchev–Trinajstić information content (AvgIpc) is 3.68. The molecule has 3 heterocycles. The topological polar surface area (TPSA) is 149 Å². The Hall–Kier alpha value is -4.38. The SMILES string of the molecule is COc1ccc(C(NC[C@@]23CO[C@@H]([C@H](n4cc(C)c(=O)[nH]c4=O)O2)[C@@H]3OP(OCCC#N)N(C(C)C)C(C)C)(c2ccccc2)c2ccc(OC)cc2)cc1. The zero-order valence-corrected chi connectivity index (χ0v) is 33.2. The van der Waals surface area contributed by atoms with Crippen molar-refractivity contribution in [1.82, 2.24) is 19.5 Å². The van der Waals surface area contributed by atoms with E-state index in [1.807, 2.05) is 66.7 Å². The lowest BCUT2D eigenvalue weighted by atomic mass is 9.76. The van der Waals surface area contributed by atoms with Crippen molar-refractivity contribution in [2.75, 3.05) is 34.0 Å². The number of nitrogens with one attached hydrogen (secondary N) is 2. The number of fused-ring (bicyclic) bond motifs is 2. The Morgan fingerprint density at radius 3 is 2.09 bits per heavy atom. The van der Waals surface area contributed by atoms with E-state index in [0.29, 0.717) is 17.1 Å². The van der Waals surface area contributed by atoms with Gasteiger partial charge in [-0.3, -0.25) is 19.7 Å². The Morgan fingerprint density at radius 1 is 0.964 bits per heavy atom. The largest absolute Gasteiger partial charge is 0.497 e. The third kappa shape index (κ3) is 8.00. The molecule has 2 fully saturated rings. The number of aromatic amines is 1. The van der Waals surface area contributed by atoms with Gasteiger partial charge in [0.05, 0.1) is 45.5 Å². The minimum absolute atomic E-state index is 0.0410. The van der Waals surface area contributed by atoms with Crippen LogP contribution in [0, 0.1) is 18.3 Å². The molecule has 2 saturated heterocycles. The van der Waals surface area contributed by atoms with Crippen LogP contribution in [0.5, 0.6) is 11.5 Å². The predicted molar refractivity (Wildman–Crippen MR) is 209 cm³/mol. The quantitative estimate of drug-likeness (QED) is 0.0766. The molecule has 0 saturated carbocycles. The summed E-state index contributed by atoms with van der Waals surface area (Å²) in [7, 11) is 1.54. The fourth-order valence-corrected chi connectivity index (χ4v) is 9.35. The molecule has 3 aromatic carbocycles. The minimum Gasteiger partial charge on any atom is -0.497 e. The molecule has 14 heteroatoms. The van der Waals surface area contributed by atoms with Gasteiger partial charge in [0.25, 0.3) is 14.1 Å². The van der Waals surface area contributed by atoms with Crippen molar-refractivity contribution in [3.05, 3.63) is 128 Å². The maximum atomic E-state index is 13.4. The minimum atomic E-state index is -1.74. The van der Waals surface area contributed by atoms with Gasteiger partial charge in [-0.05, 0) is 75.6 Å². The molecule has 0 spiro atoms. The van der Waals surface area contributed by atoms with Crippen LogP contribution in [0.15, 0.2) is 94.6 Å². The standard InChI is InChI=1S/C41H50N5O8P/c1-27(2)46(28(3)4)55(52-23-11-22-42)54-36-35-38(45-24-29(5)37(47)44-39(45)48)53-40(36,26-51-35)25-43-41(30-12-9-8-10-13-30,31-14-18-33(49-6)19-15-31)32-16-20-34(50-7)21-17-32/h8-10,12-21,24,27-28,35-36,38,43H,11,23,25-26H2,1-7H3,(H,44,47,48)/t35-,36+,38-,40+,55?/m1/s1. The van der Waals surface area contributed by atoms with E-state index in [1.54, 1.807) is 21.1 Å². The highest BCUT2D eigenvalue weighted by molar-refractivity contribution is 7.44. The number of H-pyrrole nitrogens is 1. The van der Waals surface area contributed by atoms with Crippen LogP contribution in [-0.2, 0) is 24.1 Å². The van der Waals surface area contributed by atoms with Gasteiger partial charge >= 0.3 is 5.69 Å². The number of ether oxygens (including phenoxy) is 4. The van der Waals surface area contributed by atoms with E-state index >= 15 is 0 Å². The summed E-state index contributed by atoms with van der Waals surface area (Å²) in [6.45, 7) is 10.4. The molecule has 0 aliphatic carbocycles. The van der Waals surface area contributed by atoms with Crippen molar-refractivity contribution in [1.29, 1.82) is 5.26 Å². The maximum Gasteiger partial charge on any atom is 0.330 e. The number of nitriles is 1. The highest BCUT2D eigenvalue weighted by Gasteiger charge is 2.64. The summed E-state index contributed by atoms with van der Waals surface area (Å²) >= 11 is 0. The molecule has 292 valence electrons. The summed E-state index contributed by atoms with van der Waals surface area (Å²) in [5.41, 5.74) is -0.00779. The third-order valence-electron chi connectivity index (χ3n) is 10.2. The van der Waals surface area contributed by atoms with Gasteiger partial charge in [0.15, 0.2) is 6.23 Å². The molecule has 2 bridgehead atoms. The summed E-state index contributed by atoms with van der Waals surface area (Å²) in [6.07, 6.45) is -0.726. The van der Waals surface area contributed by atoms with Gasteiger partial charge in [0, 0.05) is 30.4 Å². The van der Waals surface area contributed by atoms with Crippen LogP contribution in [0.4, 0.5) is 0 Å². The Bertz CT molecular complexity index is 2000. The molecule has 13 nitrogen and oxygen atoms in total. The Labute approximate surface area is 323 Å². The summed E-state index contributed by atoms with van der Waals surface area (Å²) in [5, 5.41) is 13.3. The van der Waals surface area contributed by atoms with Crippen molar-refractivity contribution in [2.24, 2.45) is 0 Å². The first kappa shape index (κ1) is 40.3. The molecule has 6 rings (SSSR count). The van der Waals surface area contributed by atoms with Gasteiger partial charge in [-0.2, -0.15) is 5.26 Å². The second kappa shape index (κ2) is 17.2. The fourth-order valence-electron chi connectivity index (χ4n) is 7.54. The molecular weight excluding hydrogens is 721 g/mol. The Kier molecular flexibility index (Phi) is 12.6. The van der Waals surface area contributed by atoms with E-state index in [0.717, 1.165) is 16.7 Å². The molecule has 5 atom stereocenters. The van der Waals surface area contributed by atoms with Crippen LogP contribution in [-0.4, -0.2) is 78.1 Å². The third-order valence-corrected chi connectivity index (χ3v) is 12.3. The number of methoxy groups -OCH3 is 2. The van der Waals surface area contributed by atoms with E-state index in [-0.39, 0.29) is 38.3 Å². The zero-order valence-electron chi connectivity index (χ0n) is 32.4. The predicted octanol–water partition coefficient (Wildman–Crippen LogP) is 5.77. The molecular formula is C41H50N5O8P. The highest BCUT2D eigenvalue weighted by Crippen LogP contribution is 2.55. The second-order valence-electron chi connectivity index (χ2n) is 14.3. The monoisotopic (exact) mass is 771 g/mol. The molecule has 55 heavy (non-hydrogen) atoms. The van der Waals surface area contributed by atoms with E-state index in [1.165, 1.54) is 10.8 Å². The van der Waals surface area contributed by atoms with Crippen molar-refractivity contribution in [2.45, 2.75) is 82.7 Å². The molecule has 1 aromatic heterocycles. The van der Waals surface area contributed by atoms with Gasteiger partial charge in [-0.25, -0.2) is 9.46 Å². The number of aromatic nitrogens is 2. The molecule has 2 N–H and O–H groups in total.